The number of hydrogen-bond acceptors (Lipinski definition) is 2. The average Bonchev–Trinajstić information content (AvgIpc) is 3.74. The molecule has 0 radical (unpaired) electrons. The molecule has 0 fully saturated rings. The van der Waals surface area contributed by atoms with Crippen LogP contribution in [0.15, 0.2) is 229 Å². The Morgan fingerprint density at radius 1 is 0.345 bits per heavy atom. The van der Waals surface area contributed by atoms with Crippen molar-refractivity contribution in [3.63, 3.8) is 0 Å². The minimum absolute atomic E-state index is 0.0888. The highest BCUT2D eigenvalue weighted by atomic mass is 16.3. The van der Waals surface area contributed by atoms with Gasteiger partial charge in [0.05, 0.1) is 16.7 Å². The summed E-state index contributed by atoms with van der Waals surface area (Å²) >= 11 is 0. The van der Waals surface area contributed by atoms with Crippen LogP contribution in [0.2, 0.25) is 0 Å². The molecule has 2 nitrogen and oxygen atoms in total. The predicted octanol–water partition coefficient (Wildman–Crippen LogP) is 16.0. The van der Waals surface area contributed by atoms with Gasteiger partial charge < -0.3 is 9.32 Å². The molecule has 0 saturated heterocycles. The van der Waals surface area contributed by atoms with Gasteiger partial charge in [-0.2, -0.15) is 0 Å². The molecule has 0 bridgehead atoms. The zero-order valence-corrected chi connectivity index (χ0v) is 31.1. The lowest BCUT2D eigenvalue weighted by Crippen LogP contribution is -2.11. The molecule has 1 aromatic heterocycles. The van der Waals surface area contributed by atoms with Crippen LogP contribution in [-0.2, 0) is 0 Å². The zero-order valence-electron chi connectivity index (χ0n) is 39.1. The summed E-state index contributed by atoms with van der Waals surface area (Å²) in [7, 11) is 0. The van der Waals surface area contributed by atoms with Crippen LogP contribution in [0.3, 0.4) is 0 Å². The van der Waals surface area contributed by atoms with E-state index in [1.165, 1.54) is 4.90 Å². The third kappa shape index (κ3) is 5.91. The molecular formula is C56H37NO. The predicted molar refractivity (Wildman–Crippen MR) is 245 cm³/mol. The first-order chi connectivity index (χ1) is 32.1. The highest BCUT2D eigenvalue weighted by Crippen LogP contribution is 2.44. The van der Waals surface area contributed by atoms with Gasteiger partial charge in [0, 0.05) is 33.1 Å². The van der Waals surface area contributed by atoms with Crippen LogP contribution in [-0.4, -0.2) is 0 Å². The van der Waals surface area contributed by atoms with Crippen molar-refractivity contribution >= 4 is 60.5 Å². The van der Waals surface area contributed by atoms with Crippen molar-refractivity contribution < 1.29 is 15.4 Å². The molecule has 0 atom stereocenters. The number of hydrogen-bond donors (Lipinski definition) is 0. The number of benzene rings is 10. The van der Waals surface area contributed by atoms with E-state index in [9.17, 15) is 11.0 Å². The molecule has 10 aromatic carbocycles. The zero-order chi connectivity index (χ0) is 45.4. The first-order valence-corrected chi connectivity index (χ1v) is 19.2. The molecule has 0 saturated carbocycles. The molecule has 0 N–H and O–H groups in total. The van der Waals surface area contributed by atoms with Gasteiger partial charge in [-0.1, -0.05) is 170 Å². The summed E-state index contributed by atoms with van der Waals surface area (Å²) in [6, 6.07) is 52.6. The third-order valence-corrected chi connectivity index (χ3v) is 10.8. The maximum absolute atomic E-state index is 9.75. The Kier molecular flexibility index (Phi) is 6.38. The lowest BCUT2D eigenvalue weighted by Gasteiger charge is -2.28. The first kappa shape index (κ1) is 26.2. The minimum atomic E-state index is -0.417. The largest absolute Gasteiger partial charge is 0.455 e. The second-order valence-electron chi connectivity index (χ2n) is 14.2. The fourth-order valence-electron chi connectivity index (χ4n) is 7.99. The van der Waals surface area contributed by atoms with E-state index in [0.717, 1.165) is 49.0 Å². The summed E-state index contributed by atoms with van der Waals surface area (Å²) in [5.74, 6) is 0. The lowest BCUT2D eigenvalue weighted by molar-refractivity contribution is 0.673. The van der Waals surface area contributed by atoms with Crippen LogP contribution in [0, 0.1) is 0 Å². The van der Waals surface area contributed by atoms with Gasteiger partial charge in [-0.25, -0.2) is 0 Å². The Balaban J connectivity index is 1.14. The average molecular weight is 748 g/mol. The quantitative estimate of drug-likeness (QED) is 0.161. The first-order valence-electron chi connectivity index (χ1n) is 23.2. The molecule has 11 aromatic rings. The van der Waals surface area contributed by atoms with E-state index in [4.69, 9.17) is 4.42 Å². The normalized spacial score (nSPS) is 13.4. The van der Waals surface area contributed by atoms with Gasteiger partial charge in [-0.05, 0) is 110 Å². The lowest BCUT2D eigenvalue weighted by atomic mass is 9.95. The number of fused-ring (bicyclic) bond motifs is 6. The number of para-hydroxylation sites is 1. The number of furan rings is 1. The summed E-state index contributed by atoms with van der Waals surface area (Å²) in [4.78, 5) is 1.37. The van der Waals surface area contributed by atoms with Crippen molar-refractivity contribution in [2.45, 2.75) is 0 Å². The molecule has 0 amide bonds. The van der Waals surface area contributed by atoms with Crippen LogP contribution in [0.1, 0.15) is 11.0 Å². The van der Waals surface area contributed by atoms with Gasteiger partial charge >= 0.3 is 0 Å². The van der Waals surface area contributed by atoms with Crippen molar-refractivity contribution in [3.05, 3.63) is 224 Å². The molecule has 58 heavy (non-hydrogen) atoms. The fourth-order valence-corrected chi connectivity index (χ4v) is 7.99. The Bertz CT molecular complexity index is 3710. The molecular weight excluding hydrogens is 703 g/mol. The SMILES string of the molecule is [2H]c1c([2H])c(N(c2ccccc2-c2ccc3c(c2)oc2c4ccccc4ccc32)c2c([2H])c([2H])c(-c3cccc(-c4cccc5ccccc45)c3)c([2H])c2[2H])c([2H])c([2H])c1-c1ccccc1. The molecule has 272 valence electrons. The van der Waals surface area contributed by atoms with Crippen molar-refractivity contribution in [2.24, 2.45) is 0 Å². The summed E-state index contributed by atoms with van der Waals surface area (Å²) in [5, 5.41) is 5.99. The van der Waals surface area contributed by atoms with Gasteiger partial charge in [0.1, 0.15) is 11.2 Å². The van der Waals surface area contributed by atoms with Crippen molar-refractivity contribution in [1.29, 1.82) is 0 Å². The highest BCUT2D eigenvalue weighted by Gasteiger charge is 2.19. The summed E-state index contributed by atoms with van der Waals surface area (Å²) in [5.41, 5.74) is 5.47. The molecule has 0 aliphatic rings. The van der Waals surface area contributed by atoms with Gasteiger partial charge in [-0.15, -0.1) is 0 Å². The van der Waals surface area contributed by atoms with E-state index in [0.29, 0.717) is 33.5 Å². The second kappa shape index (κ2) is 14.1. The maximum atomic E-state index is 9.75. The van der Waals surface area contributed by atoms with Gasteiger partial charge in [0.15, 0.2) is 0 Å². The topological polar surface area (TPSA) is 16.4 Å². The summed E-state index contributed by atoms with van der Waals surface area (Å²) in [6.07, 6.45) is 0. The van der Waals surface area contributed by atoms with E-state index < -0.39 is 24.2 Å². The van der Waals surface area contributed by atoms with E-state index in [1.54, 1.807) is 42.5 Å². The van der Waals surface area contributed by atoms with Gasteiger partial charge in [0.2, 0.25) is 0 Å². The van der Waals surface area contributed by atoms with Crippen molar-refractivity contribution in [2.75, 3.05) is 4.90 Å². The molecule has 1 heterocycles. The Morgan fingerprint density at radius 3 is 1.69 bits per heavy atom. The highest BCUT2D eigenvalue weighted by molar-refractivity contribution is 6.15. The van der Waals surface area contributed by atoms with Crippen LogP contribution < -0.4 is 4.90 Å². The van der Waals surface area contributed by atoms with Crippen LogP contribution in [0.5, 0.6) is 0 Å². The Hall–Kier alpha value is -7.68. The van der Waals surface area contributed by atoms with Gasteiger partial charge in [0.25, 0.3) is 0 Å². The molecule has 11 rings (SSSR count). The van der Waals surface area contributed by atoms with E-state index in [-0.39, 0.29) is 46.7 Å². The second-order valence-corrected chi connectivity index (χ2v) is 14.2. The maximum Gasteiger partial charge on any atom is 0.143 e. The number of nitrogens with zero attached hydrogens (tertiary/aromatic N) is 1. The van der Waals surface area contributed by atoms with E-state index in [2.05, 4.69) is 6.07 Å². The molecule has 0 aliphatic carbocycles. The number of anilines is 3. The monoisotopic (exact) mass is 747 g/mol. The minimum Gasteiger partial charge on any atom is -0.455 e. The third-order valence-electron chi connectivity index (χ3n) is 10.8. The molecule has 0 spiro atoms. The van der Waals surface area contributed by atoms with Crippen LogP contribution in [0.4, 0.5) is 17.1 Å². The number of rotatable bonds is 7. The smallest absolute Gasteiger partial charge is 0.143 e. The fraction of sp³-hybridized carbons (Fsp3) is 0. The standard InChI is InChI=1S/C56H37NO/c1-2-12-38(13-3-1)39-24-30-46(31-25-39)57(47-32-26-40(27-33-47)43-17-10-18-44(36-43)49-22-11-16-41-14-4-6-19-48(41)49)54-23-9-8-20-50(54)45-29-34-52-53-35-28-42-15-5-7-21-51(42)56(53)58-55(52)37-45/h1-37H/i24D,25D,26D,27D,30D,31D,32D,33D. The molecule has 0 unspecified atom stereocenters. The van der Waals surface area contributed by atoms with E-state index >= 15 is 0 Å². The van der Waals surface area contributed by atoms with Crippen molar-refractivity contribution in [3.8, 4) is 44.5 Å². The Morgan fingerprint density at radius 2 is 0.897 bits per heavy atom. The van der Waals surface area contributed by atoms with E-state index in [1.807, 2.05) is 127 Å². The Labute approximate surface area is 348 Å². The summed E-state index contributed by atoms with van der Waals surface area (Å²) < 4.78 is 83.1. The molecule has 0 aliphatic heterocycles. The van der Waals surface area contributed by atoms with Gasteiger partial charge in [-0.3, -0.25) is 0 Å². The summed E-state index contributed by atoms with van der Waals surface area (Å²) in [6.45, 7) is 0. The molecule has 2 heteroatoms. The van der Waals surface area contributed by atoms with Crippen LogP contribution >= 0.6 is 0 Å². The van der Waals surface area contributed by atoms with Crippen LogP contribution in [0.25, 0.3) is 88.0 Å². The van der Waals surface area contributed by atoms with Crippen molar-refractivity contribution in [1.82, 2.24) is 0 Å².